The van der Waals surface area contributed by atoms with Gasteiger partial charge in [0, 0.05) is 13.1 Å². The molecule has 2 rings (SSSR count). The van der Waals surface area contributed by atoms with Crippen LogP contribution >= 0.6 is 0 Å². The molecule has 1 aromatic carbocycles. The van der Waals surface area contributed by atoms with E-state index in [9.17, 15) is 13.2 Å². The lowest BCUT2D eigenvalue weighted by atomic mass is 10.0. The van der Waals surface area contributed by atoms with E-state index in [1.54, 1.807) is 0 Å². The van der Waals surface area contributed by atoms with Crippen molar-refractivity contribution in [2.45, 2.75) is 30.6 Å². The number of methoxy groups -OCH3 is 1. The second kappa shape index (κ2) is 7.21. The molecule has 3 unspecified atom stereocenters. The normalized spacial score (nSPS) is 23.2. The van der Waals surface area contributed by atoms with E-state index in [4.69, 9.17) is 0 Å². The maximum atomic E-state index is 12.3. The third-order valence-electron chi connectivity index (χ3n) is 3.97. The maximum Gasteiger partial charge on any atom is 0.322 e. The van der Waals surface area contributed by atoms with E-state index in [1.165, 1.54) is 7.11 Å². The van der Waals surface area contributed by atoms with Crippen LogP contribution in [0.2, 0.25) is 0 Å². The van der Waals surface area contributed by atoms with Crippen molar-refractivity contribution in [3.63, 3.8) is 0 Å². The van der Waals surface area contributed by atoms with Crippen LogP contribution in [0.15, 0.2) is 30.3 Å². The summed E-state index contributed by atoms with van der Waals surface area (Å²) in [5.74, 6) is -0.336. The quantitative estimate of drug-likeness (QED) is 0.749. The average molecular weight is 326 g/mol. The fraction of sp³-hybridized carbons (Fsp3) is 0.533. The summed E-state index contributed by atoms with van der Waals surface area (Å²) in [6.07, 6.45) is 0.238. The Morgan fingerprint density at radius 2 is 2.09 bits per heavy atom. The van der Waals surface area contributed by atoms with Crippen LogP contribution in [0.5, 0.6) is 0 Å². The molecule has 0 radical (unpaired) electrons. The van der Waals surface area contributed by atoms with Crippen molar-refractivity contribution in [1.82, 2.24) is 10.0 Å². The molecule has 1 aliphatic rings. The molecule has 7 heteroatoms. The highest BCUT2D eigenvalue weighted by molar-refractivity contribution is 7.90. The Balaban J connectivity index is 1.91. The van der Waals surface area contributed by atoms with Crippen molar-refractivity contribution in [3.05, 3.63) is 35.9 Å². The van der Waals surface area contributed by atoms with Crippen LogP contribution in [0, 0.1) is 0 Å². The average Bonchev–Trinajstić information content (AvgIpc) is 3.03. The third-order valence-corrected chi connectivity index (χ3v) is 5.78. The summed E-state index contributed by atoms with van der Waals surface area (Å²) in [6, 6.07) is 9.20. The van der Waals surface area contributed by atoms with Crippen LogP contribution in [0.3, 0.4) is 0 Å². The van der Waals surface area contributed by atoms with Crippen molar-refractivity contribution in [3.8, 4) is 0 Å². The van der Waals surface area contributed by atoms with Crippen LogP contribution in [-0.4, -0.2) is 45.9 Å². The standard InChI is InChI=1S/C15H22N2O4S/c1-11(12-6-4-3-5-7-12)9-17-22(19,20)13-8-14(16-10-13)15(18)21-2/h3-7,11,13-14,16-17H,8-10H2,1-2H3. The number of benzene rings is 1. The van der Waals surface area contributed by atoms with Gasteiger partial charge < -0.3 is 10.1 Å². The molecule has 0 bridgehead atoms. The van der Waals surface area contributed by atoms with Gasteiger partial charge in [-0.1, -0.05) is 37.3 Å². The third kappa shape index (κ3) is 4.06. The molecule has 1 aromatic rings. The van der Waals surface area contributed by atoms with Crippen molar-refractivity contribution in [2.75, 3.05) is 20.2 Å². The molecule has 22 heavy (non-hydrogen) atoms. The minimum absolute atomic E-state index is 0.0849. The summed E-state index contributed by atoms with van der Waals surface area (Å²) in [5.41, 5.74) is 1.09. The highest BCUT2D eigenvalue weighted by atomic mass is 32.2. The first-order chi connectivity index (χ1) is 10.4. The molecule has 0 spiro atoms. The van der Waals surface area contributed by atoms with Gasteiger partial charge in [-0.15, -0.1) is 0 Å². The summed E-state index contributed by atoms with van der Waals surface area (Å²) in [6.45, 7) is 2.57. The zero-order chi connectivity index (χ0) is 16.2. The highest BCUT2D eigenvalue weighted by Gasteiger charge is 2.37. The number of sulfonamides is 1. The van der Waals surface area contributed by atoms with E-state index in [1.807, 2.05) is 37.3 Å². The molecule has 1 saturated heterocycles. The summed E-state index contributed by atoms with van der Waals surface area (Å²) >= 11 is 0. The predicted molar refractivity (Wildman–Crippen MR) is 84.0 cm³/mol. The van der Waals surface area contributed by atoms with Crippen molar-refractivity contribution >= 4 is 16.0 Å². The van der Waals surface area contributed by atoms with Crippen LogP contribution in [0.1, 0.15) is 24.8 Å². The Morgan fingerprint density at radius 1 is 1.41 bits per heavy atom. The second-order valence-electron chi connectivity index (χ2n) is 5.55. The summed E-state index contributed by atoms with van der Waals surface area (Å²) in [5, 5.41) is 2.28. The van der Waals surface area contributed by atoms with Crippen LogP contribution in [-0.2, 0) is 19.6 Å². The fourth-order valence-corrected chi connectivity index (χ4v) is 4.00. The minimum atomic E-state index is -3.46. The maximum absolute atomic E-state index is 12.3. The lowest BCUT2D eigenvalue weighted by molar-refractivity contribution is -0.142. The number of carbonyl (C=O) groups is 1. The largest absolute Gasteiger partial charge is 0.468 e. The van der Waals surface area contributed by atoms with Crippen LogP contribution in [0.4, 0.5) is 0 Å². The Hall–Kier alpha value is -1.44. The van der Waals surface area contributed by atoms with Gasteiger partial charge in [-0.3, -0.25) is 4.79 Å². The number of hydrogen-bond donors (Lipinski definition) is 2. The molecule has 0 aromatic heterocycles. The fourth-order valence-electron chi connectivity index (χ4n) is 2.52. The highest BCUT2D eigenvalue weighted by Crippen LogP contribution is 2.17. The molecule has 122 valence electrons. The van der Waals surface area contributed by atoms with Crippen molar-refractivity contribution in [2.24, 2.45) is 0 Å². The van der Waals surface area contributed by atoms with Crippen molar-refractivity contribution in [1.29, 1.82) is 0 Å². The van der Waals surface area contributed by atoms with Gasteiger partial charge in [0.2, 0.25) is 10.0 Å². The number of rotatable bonds is 6. The number of nitrogens with one attached hydrogen (secondary N) is 2. The monoisotopic (exact) mass is 326 g/mol. The van der Waals surface area contributed by atoms with E-state index in [0.717, 1.165) is 5.56 Å². The number of ether oxygens (including phenoxy) is 1. The van der Waals surface area contributed by atoms with Gasteiger partial charge in [-0.25, -0.2) is 13.1 Å². The summed E-state index contributed by atoms with van der Waals surface area (Å²) in [4.78, 5) is 11.4. The van der Waals surface area contributed by atoms with E-state index in [2.05, 4.69) is 14.8 Å². The molecule has 1 aliphatic heterocycles. The first kappa shape index (κ1) is 16.9. The summed E-state index contributed by atoms with van der Waals surface area (Å²) < 4.78 is 31.9. The van der Waals surface area contributed by atoms with Gasteiger partial charge in [0.15, 0.2) is 0 Å². The van der Waals surface area contributed by atoms with Crippen LogP contribution < -0.4 is 10.0 Å². The Kier molecular flexibility index (Phi) is 5.55. The van der Waals surface area contributed by atoms with Gasteiger partial charge in [-0.2, -0.15) is 0 Å². The lowest BCUT2D eigenvalue weighted by Crippen LogP contribution is -2.37. The van der Waals surface area contributed by atoms with Gasteiger partial charge in [0.05, 0.1) is 12.4 Å². The smallest absolute Gasteiger partial charge is 0.322 e. The molecule has 6 nitrogen and oxygen atoms in total. The molecule has 1 heterocycles. The van der Waals surface area contributed by atoms with E-state index in [-0.39, 0.29) is 18.9 Å². The first-order valence-electron chi connectivity index (χ1n) is 7.28. The second-order valence-corrected chi connectivity index (χ2v) is 7.59. The van der Waals surface area contributed by atoms with Gasteiger partial charge in [0.1, 0.15) is 6.04 Å². The Morgan fingerprint density at radius 3 is 2.73 bits per heavy atom. The molecule has 1 fully saturated rings. The molecule has 0 amide bonds. The van der Waals surface area contributed by atoms with Crippen LogP contribution in [0.25, 0.3) is 0 Å². The molecule has 3 atom stereocenters. The zero-order valence-corrected chi connectivity index (χ0v) is 13.6. The number of carbonyl (C=O) groups excluding carboxylic acids is 1. The minimum Gasteiger partial charge on any atom is -0.468 e. The van der Waals surface area contributed by atoms with Gasteiger partial charge in [-0.05, 0) is 17.9 Å². The molecular weight excluding hydrogens is 304 g/mol. The molecule has 0 saturated carbocycles. The Bertz CT molecular complexity index is 603. The lowest BCUT2D eigenvalue weighted by Gasteiger charge is -2.16. The summed E-state index contributed by atoms with van der Waals surface area (Å²) in [7, 11) is -2.16. The number of esters is 1. The molecule has 0 aliphatic carbocycles. The van der Waals surface area contributed by atoms with Gasteiger partial charge in [0.25, 0.3) is 0 Å². The first-order valence-corrected chi connectivity index (χ1v) is 8.83. The van der Waals surface area contributed by atoms with Gasteiger partial charge >= 0.3 is 5.97 Å². The number of hydrogen-bond acceptors (Lipinski definition) is 5. The Labute approximate surface area is 131 Å². The van der Waals surface area contributed by atoms with E-state index >= 15 is 0 Å². The van der Waals surface area contributed by atoms with E-state index in [0.29, 0.717) is 6.54 Å². The SMILES string of the molecule is COC(=O)C1CC(S(=O)(=O)NCC(C)c2ccccc2)CN1. The zero-order valence-electron chi connectivity index (χ0n) is 12.8. The topological polar surface area (TPSA) is 84.5 Å². The molecular formula is C15H22N2O4S. The van der Waals surface area contributed by atoms with E-state index < -0.39 is 27.3 Å². The van der Waals surface area contributed by atoms with Crippen molar-refractivity contribution < 1.29 is 17.9 Å². The predicted octanol–water partition coefficient (Wildman–Crippen LogP) is 0.613. The molecule has 2 N–H and O–H groups in total.